The van der Waals surface area contributed by atoms with Crippen LogP contribution in [0.5, 0.6) is 0 Å². The summed E-state index contributed by atoms with van der Waals surface area (Å²) in [5, 5.41) is 0.958. The second-order valence-corrected chi connectivity index (χ2v) is 5.80. The van der Waals surface area contributed by atoms with Gasteiger partial charge in [0.15, 0.2) is 5.76 Å². The van der Waals surface area contributed by atoms with Crippen molar-refractivity contribution in [3.63, 3.8) is 0 Å². The Kier molecular flexibility index (Phi) is 3.22. The van der Waals surface area contributed by atoms with Gasteiger partial charge >= 0.3 is 0 Å². The van der Waals surface area contributed by atoms with Crippen molar-refractivity contribution in [3.8, 4) is 0 Å². The molecule has 0 saturated carbocycles. The van der Waals surface area contributed by atoms with Crippen LogP contribution in [0.3, 0.4) is 0 Å². The molecular formula is C17H13BrO2. The summed E-state index contributed by atoms with van der Waals surface area (Å²) in [7, 11) is 0. The lowest BCUT2D eigenvalue weighted by Gasteiger charge is -2.01. The van der Waals surface area contributed by atoms with E-state index in [1.807, 2.05) is 50.2 Å². The molecule has 2 aromatic carbocycles. The van der Waals surface area contributed by atoms with Crippen LogP contribution in [-0.4, -0.2) is 5.78 Å². The molecule has 0 bridgehead atoms. The minimum absolute atomic E-state index is 0.0976. The van der Waals surface area contributed by atoms with Crippen molar-refractivity contribution < 1.29 is 9.21 Å². The summed E-state index contributed by atoms with van der Waals surface area (Å²) in [4.78, 5) is 12.4. The SMILES string of the molecule is Cc1ccc2oc(C(=O)c3ccc(C)c(Br)c3)cc2c1. The molecule has 0 amide bonds. The first-order chi connectivity index (χ1) is 9.54. The van der Waals surface area contributed by atoms with E-state index in [0.717, 1.165) is 26.6 Å². The van der Waals surface area contributed by atoms with Crippen LogP contribution in [0.2, 0.25) is 0 Å². The number of rotatable bonds is 2. The molecular weight excluding hydrogens is 316 g/mol. The van der Waals surface area contributed by atoms with Crippen molar-refractivity contribution in [2.45, 2.75) is 13.8 Å². The maximum Gasteiger partial charge on any atom is 0.228 e. The summed E-state index contributed by atoms with van der Waals surface area (Å²) in [6.07, 6.45) is 0. The summed E-state index contributed by atoms with van der Waals surface area (Å²) in [5.41, 5.74) is 3.61. The topological polar surface area (TPSA) is 30.2 Å². The minimum Gasteiger partial charge on any atom is -0.453 e. The quantitative estimate of drug-likeness (QED) is 0.616. The van der Waals surface area contributed by atoms with Crippen LogP contribution in [0.15, 0.2) is 51.4 Å². The van der Waals surface area contributed by atoms with E-state index in [1.54, 1.807) is 6.07 Å². The summed E-state index contributed by atoms with van der Waals surface area (Å²) in [5.74, 6) is 0.279. The van der Waals surface area contributed by atoms with Crippen LogP contribution in [0.1, 0.15) is 27.2 Å². The van der Waals surface area contributed by atoms with E-state index in [1.165, 1.54) is 0 Å². The Balaban J connectivity index is 2.05. The van der Waals surface area contributed by atoms with Gasteiger partial charge in [-0.15, -0.1) is 0 Å². The molecule has 0 aliphatic rings. The van der Waals surface area contributed by atoms with Gasteiger partial charge in [0, 0.05) is 15.4 Å². The first kappa shape index (κ1) is 13.1. The Morgan fingerprint density at radius 1 is 1.05 bits per heavy atom. The third-order valence-electron chi connectivity index (χ3n) is 3.33. The van der Waals surface area contributed by atoms with E-state index in [0.29, 0.717) is 11.3 Å². The molecule has 0 spiro atoms. The van der Waals surface area contributed by atoms with Crippen LogP contribution in [0.25, 0.3) is 11.0 Å². The maximum absolute atomic E-state index is 12.4. The zero-order chi connectivity index (χ0) is 14.3. The lowest BCUT2D eigenvalue weighted by atomic mass is 10.1. The number of ketones is 1. The van der Waals surface area contributed by atoms with Gasteiger partial charge in [0.05, 0.1) is 0 Å². The fourth-order valence-electron chi connectivity index (χ4n) is 2.15. The molecule has 0 N–H and O–H groups in total. The normalized spacial score (nSPS) is 10.9. The van der Waals surface area contributed by atoms with Gasteiger partial charge in [-0.2, -0.15) is 0 Å². The van der Waals surface area contributed by atoms with E-state index in [-0.39, 0.29) is 5.78 Å². The molecule has 20 heavy (non-hydrogen) atoms. The molecule has 0 fully saturated rings. The summed E-state index contributed by atoms with van der Waals surface area (Å²) in [6, 6.07) is 13.3. The van der Waals surface area contributed by atoms with E-state index in [2.05, 4.69) is 15.9 Å². The molecule has 0 saturated heterocycles. The van der Waals surface area contributed by atoms with Crippen molar-refractivity contribution in [1.82, 2.24) is 0 Å². The molecule has 1 aromatic heterocycles. The van der Waals surface area contributed by atoms with Gasteiger partial charge in [0.2, 0.25) is 5.78 Å². The Morgan fingerprint density at radius 3 is 2.60 bits per heavy atom. The highest BCUT2D eigenvalue weighted by atomic mass is 79.9. The number of fused-ring (bicyclic) bond motifs is 1. The van der Waals surface area contributed by atoms with E-state index in [4.69, 9.17) is 4.42 Å². The fourth-order valence-corrected chi connectivity index (χ4v) is 2.53. The first-order valence-corrected chi connectivity index (χ1v) is 7.15. The van der Waals surface area contributed by atoms with E-state index >= 15 is 0 Å². The van der Waals surface area contributed by atoms with Crippen LogP contribution in [0.4, 0.5) is 0 Å². The minimum atomic E-state index is -0.0976. The zero-order valence-electron chi connectivity index (χ0n) is 11.2. The van der Waals surface area contributed by atoms with Crippen LogP contribution >= 0.6 is 15.9 Å². The predicted molar refractivity (Wildman–Crippen MR) is 83.3 cm³/mol. The molecule has 3 aromatic rings. The summed E-state index contributed by atoms with van der Waals surface area (Å²) < 4.78 is 6.57. The molecule has 0 unspecified atom stereocenters. The van der Waals surface area contributed by atoms with Crippen molar-refractivity contribution in [3.05, 3.63) is 69.4 Å². The Hall–Kier alpha value is -1.87. The van der Waals surface area contributed by atoms with Gasteiger partial charge in [-0.3, -0.25) is 4.79 Å². The number of halogens is 1. The summed E-state index contributed by atoms with van der Waals surface area (Å²) >= 11 is 3.45. The standard InChI is InChI=1S/C17H13BrO2/c1-10-3-6-15-13(7-10)9-16(20-15)17(19)12-5-4-11(2)14(18)8-12/h3-9H,1-2H3. The third kappa shape index (κ3) is 2.29. The number of aryl methyl sites for hydroxylation is 2. The number of benzene rings is 2. The van der Waals surface area contributed by atoms with E-state index < -0.39 is 0 Å². The second-order valence-electron chi connectivity index (χ2n) is 4.95. The van der Waals surface area contributed by atoms with Crippen molar-refractivity contribution in [1.29, 1.82) is 0 Å². The molecule has 2 nitrogen and oxygen atoms in total. The molecule has 0 aliphatic heterocycles. The third-order valence-corrected chi connectivity index (χ3v) is 4.18. The smallest absolute Gasteiger partial charge is 0.228 e. The molecule has 0 atom stereocenters. The maximum atomic E-state index is 12.4. The van der Waals surface area contributed by atoms with E-state index in [9.17, 15) is 4.79 Å². The van der Waals surface area contributed by atoms with Crippen LogP contribution in [-0.2, 0) is 0 Å². The average Bonchev–Trinajstić information content (AvgIpc) is 2.84. The molecule has 100 valence electrons. The van der Waals surface area contributed by atoms with Gasteiger partial charge < -0.3 is 4.42 Å². The average molecular weight is 329 g/mol. The van der Waals surface area contributed by atoms with Crippen molar-refractivity contribution in [2.75, 3.05) is 0 Å². The highest BCUT2D eigenvalue weighted by molar-refractivity contribution is 9.10. The predicted octanol–water partition coefficient (Wildman–Crippen LogP) is 5.04. The van der Waals surface area contributed by atoms with Gasteiger partial charge in [0.25, 0.3) is 0 Å². The fraction of sp³-hybridized carbons (Fsp3) is 0.118. The van der Waals surface area contributed by atoms with Gasteiger partial charge in [-0.25, -0.2) is 0 Å². The number of carbonyl (C=O) groups excluding carboxylic acids is 1. The number of furan rings is 1. The van der Waals surface area contributed by atoms with Crippen molar-refractivity contribution in [2.24, 2.45) is 0 Å². The van der Waals surface area contributed by atoms with Crippen LogP contribution in [0, 0.1) is 13.8 Å². The Bertz CT molecular complexity index is 815. The molecule has 0 radical (unpaired) electrons. The lowest BCUT2D eigenvalue weighted by Crippen LogP contribution is -1.99. The number of hydrogen-bond acceptors (Lipinski definition) is 2. The Morgan fingerprint density at radius 2 is 1.85 bits per heavy atom. The molecule has 1 heterocycles. The molecule has 0 aliphatic carbocycles. The number of carbonyl (C=O) groups is 1. The highest BCUT2D eigenvalue weighted by Crippen LogP contribution is 2.24. The monoisotopic (exact) mass is 328 g/mol. The first-order valence-electron chi connectivity index (χ1n) is 6.35. The lowest BCUT2D eigenvalue weighted by molar-refractivity contribution is 0.101. The zero-order valence-corrected chi connectivity index (χ0v) is 12.8. The largest absolute Gasteiger partial charge is 0.453 e. The number of hydrogen-bond donors (Lipinski definition) is 0. The summed E-state index contributed by atoms with van der Waals surface area (Å²) in [6.45, 7) is 4.01. The van der Waals surface area contributed by atoms with Crippen LogP contribution < -0.4 is 0 Å². The van der Waals surface area contributed by atoms with Gasteiger partial charge in [0.1, 0.15) is 5.58 Å². The molecule has 3 rings (SSSR count). The Labute approximate surface area is 125 Å². The van der Waals surface area contributed by atoms with Gasteiger partial charge in [-0.05, 0) is 43.7 Å². The second kappa shape index (κ2) is 4.91. The molecule has 3 heteroatoms. The highest BCUT2D eigenvalue weighted by Gasteiger charge is 2.15. The van der Waals surface area contributed by atoms with Crippen molar-refractivity contribution >= 4 is 32.7 Å². The van der Waals surface area contributed by atoms with Gasteiger partial charge in [-0.1, -0.05) is 39.7 Å².